The lowest BCUT2D eigenvalue weighted by Crippen LogP contribution is -1.85. The lowest BCUT2D eigenvalue weighted by Gasteiger charge is -1.97. The van der Waals surface area contributed by atoms with Gasteiger partial charge in [0, 0.05) is 13.2 Å². The number of aliphatic hydroxyl groups is 2. The monoisotopic (exact) mass is 150 g/mol. The molecule has 0 unspecified atom stereocenters. The Morgan fingerprint density at radius 2 is 1.10 bits per heavy atom. The van der Waals surface area contributed by atoms with Crippen molar-refractivity contribution in [1.29, 1.82) is 0 Å². The van der Waals surface area contributed by atoms with E-state index in [9.17, 15) is 0 Å². The van der Waals surface area contributed by atoms with Gasteiger partial charge in [0.1, 0.15) is 0 Å². The highest BCUT2D eigenvalue weighted by Gasteiger charge is 1.88. The molecule has 0 heterocycles. The van der Waals surface area contributed by atoms with Crippen molar-refractivity contribution in [3.63, 3.8) is 0 Å². The Balaban J connectivity index is 2.65. The molecule has 0 saturated heterocycles. The van der Waals surface area contributed by atoms with E-state index in [1.165, 1.54) is 12.8 Å². The van der Waals surface area contributed by atoms with E-state index in [0.29, 0.717) is 13.2 Å². The molecule has 0 bridgehead atoms. The molecule has 0 aromatic rings. The number of unbranched alkanes of at least 4 members (excludes halogenated alkanes) is 5. The molecule has 10 heavy (non-hydrogen) atoms. The van der Waals surface area contributed by atoms with Crippen LogP contribution in [-0.4, -0.2) is 23.4 Å². The van der Waals surface area contributed by atoms with Crippen LogP contribution in [-0.2, 0) is 0 Å². The average molecular weight is 150 g/mol. The SMILES string of the molecule is O[14CH2]CCCCCC[14CH2]O. The van der Waals surface area contributed by atoms with E-state index in [1.807, 2.05) is 0 Å². The van der Waals surface area contributed by atoms with Crippen molar-refractivity contribution in [2.24, 2.45) is 0 Å². The Kier molecular flexibility index (Phi) is 8.85. The molecule has 0 fully saturated rings. The third kappa shape index (κ3) is 7.92. The Bertz CT molecular complexity index is 47.2. The maximum atomic E-state index is 8.43. The van der Waals surface area contributed by atoms with Gasteiger partial charge < -0.3 is 10.2 Å². The summed E-state index contributed by atoms with van der Waals surface area (Å²) in [5.74, 6) is 0. The van der Waals surface area contributed by atoms with Crippen LogP contribution in [0.5, 0.6) is 0 Å². The summed E-state index contributed by atoms with van der Waals surface area (Å²) in [5, 5.41) is 16.9. The molecule has 0 aromatic heterocycles. The Morgan fingerprint density at radius 3 is 1.40 bits per heavy atom. The van der Waals surface area contributed by atoms with E-state index < -0.39 is 0 Å². The largest absolute Gasteiger partial charge is 0.396 e. The van der Waals surface area contributed by atoms with E-state index in [-0.39, 0.29) is 0 Å². The van der Waals surface area contributed by atoms with Gasteiger partial charge in [0.15, 0.2) is 0 Å². The van der Waals surface area contributed by atoms with Gasteiger partial charge in [0.2, 0.25) is 0 Å². The van der Waals surface area contributed by atoms with Crippen molar-refractivity contribution in [3.05, 3.63) is 0 Å². The second-order valence-electron chi connectivity index (χ2n) is 2.57. The highest BCUT2D eigenvalue weighted by atomic mass is 16.5. The first-order valence-corrected chi connectivity index (χ1v) is 4.13. The fraction of sp³-hybridized carbons (Fsp3) is 1.00. The first kappa shape index (κ1) is 9.92. The lowest BCUT2D eigenvalue weighted by molar-refractivity contribution is 0.275. The van der Waals surface area contributed by atoms with Crippen LogP contribution in [0.1, 0.15) is 38.5 Å². The van der Waals surface area contributed by atoms with Gasteiger partial charge in [0.05, 0.1) is 0 Å². The fourth-order valence-corrected chi connectivity index (χ4v) is 0.931. The molecule has 2 N–H and O–H groups in total. The van der Waals surface area contributed by atoms with Crippen molar-refractivity contribution in [3.8, 4) is 0 Å². The zero-order valence-electron chi connectivity index (χ0n) is 6.55. The number of hydrogen-bond donors (Lipinski definition) is 2. The van der Waals surface area contributed by atoms with E-state index in [0.717, 1.165) is 25.7 Å². The number of aliphatic hydroxyl groups excluding tert-OH is 2. The molecule has 0 saturated carbocycles. The van der Waals surface area contributed by atoms with E-state index in [1.54, 1.807) is 0 Å². The number of rotatable bonds is 7. The van der Waals surface area contributed by atoms with Crippen LogP contribution in [0.3, 0.4) is 0 Å². The van der Waals surface area contributed by atoms with Crippen LogP contribution < -0.4 is 0 Å². The summed E-state index contributed by atoms with van der Waals surface area (Å²) in [4.78, 5) is 0. The zero-order valence-corrected chi connectivity index (χ0v) is 6.55. The molecule has 0 atom stereocenters. The Morgan fingerprint density at radius 1 is 0.700 bits per heavy atom. The van der Waals surface area contributed by atoms with Crippen LogP contribution in [0.15, 0.2) is 0 Å². The van der Waals surface area contributed by atoms with Crippen LogP contribution in [0.25, 0.3) is 0 Å². The lowest BCUT2D eigenvalue weighted by atomic mass is 10.2. The number of hydrogen-bond acceptors (Lipinski definition) is 2. The standard InChI is InChI=1S/C8H18O2/c9-7-5-3-1-2-4-6-8-10/h9-10H,1-8H2/i7+2,8+2. The van der Waals surface area contributed by atoms with Gasteiger partial charge in [-0.2, -0.15) is 0 Å². The first-order chi connectivity index (χ1) is 4.91. The van der Waals surface area contributed by atoms with Gasteiger partial charge in [-0.3, -0.25) is 0 Å². The van der Waals surface area contributed by atoms with Gasteiger partial charge >= 0.3 is 0 Å². The summed E-state index contributed by atoms with van der Waals surface area (Å²) in [6, 6.07) is 0. The minimum Gasteiger partial charge on any atom is -0.396 e. The summed E-state index contributed by atoms with van der Waals surface area (Å²) >= 11 is 0. The molecular formula is C8H18O2. The summed E-state index contributed by atoms with van der Waals surface area (Å²) in [5.41, 5.74) is 0. The molecule has 2 heteroatoms. The minimum atomic E-state index is 0.319. The van der Waals surface area contributed by atoms with Gasteiger partial charge in [-0.05, 0) is 12.8 Å². The first-order valence-electron chi connectivity index (χ1n) is 4.13. The molecule has 0 spiro atoms. The van der Waals surface area contributed by atoms with Crippen molar-refractivity contribution in [1.82, 2.24) is 0 Å². The van der Waals surface area contributed by atoms with Gasteiger partial charge in [0.25, 0.3) is 0 Å². The molecule has 0 aliphatic heterocycles. The third-order valence-corrected chi connectivity index (χ3v) is 1.57. The van der Waals surface area contributed by atoms with Crippen LogP contribution >= 0.6 is 0 Å². The highest BCUT2D eigenvalue weighted by molar-refractivity contribution is 4.43. The smallest absolute Gasteiger partial charge is 0.0431 e. The molecule has 2 nitrogen and oxygen atoms in total. The molecule has 0 radical (unpaired) electrons. The molecule has 0 rings (SSSR count). The molecule has 0 amide bonds. The predicted octanol–water partition coefficient (Wildman–Crippen LogP) is 1.31. The normalized spacial score (nSPS) is 10.2. The maximum Gasteiger partial charge on any atom is 0.0431 e. The predicted molar refractivity (Wildman–Crippen MR) is 41.9 cm³/mol. The van der Waals surface area contributed by atoms with E-state index >= 15 is 0 Å². The van der Waals surface area contributed by atoms with Crippen LogP contribution in [0.4, 0.5) is 0 Å². The van der Waals surface area contributed by atoms with Crippen LogP contribution in [0, 0.1) is 0 Å². The van der Waals surface area contributed by atoms with Gasteiger partial charge in [-0.25, -0.2) is 0 Å². The van der Waals surface area contributed by atoms with Crippen molar-refractivity contribution < 1.29 is 10.2 Å². The summed E-state index contributed by atoms with van der Waals surface area (Å²) in [6.45, 7) is 0.639. The quantitative estimate of drug-likeness (QED) is 0.537. The fourth-order valence-electron chi connectivity index (χ4n) is 0.931. The van der Waals surface area contributed by atoms with Crippen molar-refractivity contribution >= 4 is 0 Å². The van der Waals surface area contributed by atoms with E-state index in [4.69, 9.17) is 10.2 Å². The maximum absolute atomic E-state index is 8.43. The van der Waals surface area contributed by atoms with Gasteiger partial charge in [-0.1, -0.05) is 25.7 Å². The second-order valence-corrected chi connectivity index (χ2v) is 2.57. The summed E-state index contributed by atoms with van der Waals surface area (Å²) in [6.07, 6.45) is 6.50. The third-order valence-electron chi connectivity index (χ3n) is 1.57. The highest BCUT2D eigenvalue weighted by Crippen LogP contribution is 2.03. The molecule has 0 aliphatic rings. The molecule has 0 aromatic carbocycles. The zero-order chi connectivity index (χ0) is 7.66. The molecule has 0 aliphatic carbocycles. The van der Waals surface area contributed by atoms with Crippen molar-refractivity contribution in [2.45, 2.75) is 38.5 Å². The average Bonchev–Trinajstić information content (AvgIpc) is 1.97. The van der Waals surface area contributed by atoms with Crippen LogP contribution in [0.2, 0.25) is 0 Å². The van der Waals surface area contributed by atoms with Gasteiger partial charge in [-0.15, -0.1) is 0 Å². The summed E-state index contributed by atoms with van der Waals surface area (Å²) in [7, 11) is 0. The molecule has 62 valence electrons. The topological polar surface area (TPSA) is 40.5 Å². The Labute approximate surface area is 62.9 Å². The Hall–Kier alpha value is -0.0800. The van der Waals surface area contributed by atoms with E-state index in [2.05, 4.69) is 0 Å². The minimum absolute atomic E-state index is 0.319. The second kappa shape index (κ2) is 8.92. The summed E-state index contributed by atoms with van der Waals surface area (Å²) < 4.78 is 0. The van der Waals surface area contributed by atoms with Crippen molar-refractivity contribution in [2.75, 3.05) is 13.2 Å². The molecular weight excluding hydrogens is 132 g/mol.